The molecule has 2 nitrogen and oxygen atoms in total. The molecule has 0 fully saturated rings. The Labute approximate surface area is 266 Å². The Morgan fingerprint density at radius 2 is 0.833 bits per heavy atom. The third-order valence-electron chi connectivity index (χ3n) is 8.83. The number of hydrogen-bond donors (Lipinski definition) is 0. The normalized spacial score (nSPS) is 11.7. The lowest BCUT2D eigenvalue weighted by molar-refractivity contribution is -0.143. The van der Waals surface area contributed by atoms with Crippen LogP contribution in [0.15, 0.2) is 12.2 Å². The minimum absolute atomic E-state index is 0.0161. The van der Waals surface area contributed by atoms with Crippen LogP contribution in [0.3, 0.4) is 0 Å². The van der Waals surface area contributed by atoms with Gasteiger partial charge in [-0.2, -0.15) is 0 Å². The van der Waals surface area contributed by atoms with Gasteiger partial charge in [-0.1, -0.05) is 200 Å². The summed E-state index contributed by atoms with van der Waals surface area (Å²) < 4.78 is 5.44. The largest absolute Gasteiger partial charge is 0.466 e. The summed E-state index contributed by atoms with van der Waals surface area (Å²) in [6, 6.07) is 0. The molecule has 0 atom stereocenters. The second-order valence-corrected chi connectivity index (χ2v) is 13.7. The van der Waals surface area contributed by atoms with Gasteiger partial charge in [0.15, 0.2) is 0 Å². The van der Waals surface area contributed by atoms with Gasteiger partial charge in [0.2, 0.25) is 0 Å². The van der Waals surface area contributed by atoms with E-state index in [1.807, 2.05) is 0 Å². The van der Waals surface area contributed by atoms with Crippen molar-refractivity contribution >= 4 is 5.97 Å². The van der Waals surface area contributed by atoms with Crippen LogP contribution in [-0.2, 0) is 9.53 Å². The Balaban J connectivity index is 3.15. The monoisotopic (exact) mass is 591 g/mol. The van der Waals surface area contributed by atoms with Gasteiger partial charge in [-0.3, -0.25) is 4.79 Å². The fourth-order valence-electron chi connectivity index (χ4n) is 5.89. The number of carbonyl (C=O) groups is 1. The summed E-state index contributed by atoms with van der Waals surface area (Å²) in [5.41, 5.74) is 0. The van der Waals surface area contributed by atoms with Gasteiger partial charge in [0, 0.05) is 6.42 Å². The van der Waals surface area contributed by atoms with Crippen LogP contribution < -0.4 is 0 Å². The molecule has 0 heterocycles. The second-order valence-electron chi connectivity index (χ2n) is 13.7. The molecule has 250 valence electrons. The van der Waals surface area contributed by atoms with Gasteiger partial charge in [0.1, 0.15) is 0 Å². The predicted octanol–water partition coefficient (Wildman–Crippen LogP) is 14.2. The number of unbranched alkanes of at least 4 members (excludes halogenated alkanes) is 27. The van der Waals surface area contributed by atoms with E-state index in [0.717, 1.165) is 25.2 Å². The predicted molar refractivity (Wildman–Crippen MR) is 188 cm³/mol. The molecular weight excluding hydrogens is 512 g/mol. The molecular formula is C40H78O2. The van der Waals surface area contributed by atoms with E-state index in [1.54, 1.807) is 0 Å². The minimum Gasteiger partial charge on any atom is -0.466 e. The van der Waals surface area contributed by atoms with E-state index in [4.69, 9.17) is 4.74 Å². The van der Waals surface area contributed by atoms with Gasteiger partial charge in [-0.05, 0) is 38.0 Å². The molecule has 2 heteroatoms. The average molecular weight is 591 g/mol. The summed E-state index contributed by atoms with van der Waals surface area (Å²) in [6.45, 7) is 7.55. The first-order valence-corrected chi connectivity index (χ1v) is 19.5. The van der Waals surface area contributed by atoms with Gasteiger partial charge in [-0.15, -0.1) is 0 Å². The first-order valence-electron chi connectivity index (χ1n) is 19.5. The van der Waals surface area contributed by atoms with Crippen LogP contribution in [0.4, 0.5) is 0 Å². The Hall–Kier alpha value is -0.790. The van der Waals surface area contributed by atoms with Crippen LogP contribution in [0.25, 0.3) is 0 Å². The molecule has 0 bridgehead atoms. The fourth-order valence-corrected chi connectivity index (χ4v) is 5.89. The molecule has 0 spiro atoms. The topological polar surface area (TPSA) is 26.3 Å². The Kier molecular flexibility index (Phi) is 35.7. The van der Waals surface area contributed by atoms with Crippen molar-refractivity contribution < 1.29 is 9.53 Å². The molecule has 0 saturated heterocycles. The molecule has 0 saturated carbocycles. The van der Waals surface area contributed by atoms with E-state index in [9.17, 15) is 4.79 Å². The van der Waals surface area contributed by atoms with Crippen molar-refractivity contribution in [3.63, 3.8) is 0 Å². The Morgan fingerprint density at radius 3 is 1.26 bits per heavy atom. The van der Waals surface area contributed by atoms with Crippen molar-refractivity contribution in [2.75, 3.05) is 6.61 Å². The van der Waals surface area contributed by atoms with Gasteiger partial charge < -0.3 is 4.74 Å². The highest BCUT2D eigenvalue weighted by Gasteiger charge is 2.02. The van der Waals surface area contributed by atoms with Crippen molar-refractivity contribution in [1.82, 2.24) is 0 Å². The number of hydrogen-bond acceptors (Lipinski definition) is 2. The first-order chi connectivity index (χ1) is 20.7. The van der Waals surface area contributed by atoms with E-state index >= 15 is 0 Å². The highest BCUT2D eigenvalue weighted by Crippen LogP contribution is 2.16. The molecule has 0 rings (SSSR count). The smallest absolute Gasteiger partial charge is 0.305 e. The highest BCUT2D eigenvalue weighted by molar-refractivity contribution is 5.69. The maximum absolute atomic E-state index is 11.9. The van der Waals surface area contributed by atoms with E-state index < -0.39 is 0 Å². The zero-order valence-corrected chi connectivity index (χ0v) is 29.4. The summed E-state index contributed by atoms with van der Waals surface area (Å²) in [5, 5.41) is 0. The van der Waals surface area contributed by atoms with Gasteiger partial charge in [0.25, 0.3) is 0 Å². The van der Waals surface area contributed by atoms with Crippen LogP contribution >= 0.6 is 0 Å². The molecule has 0 N–H and O–H groups in total. The molecule has 0 aromatic carbocycles. The molecule has 0 aliphatic heterocycles. The summed E-state index contributed by atoms with van der Waals surface area (Å²) in [6.07, 6.45) is 47.2. The lowest BCUT2D eigenvalue weighted by Crippen LogP contribution is -2.05. The molecule has 0 radical (unpaired) electrons. The second kappa shape index (κ2) is 36.4. The number of allylic oxidation sites excluding steroid dienone is 2. The Morgan fingerprint density at radius 1 is 0.476 bits per heavy atom. The molecule has 0 aliphatic carbocycles. The molecule has 0 aliphatic rings. The third-order valence-corrected chi connectivity index (χ3v) is 8.83. The lowest BCUT2D eigenvalue weighted by atomic mass is 10.0. The minimum atomic E-state index is 0.0161. The van der Waals surface area contributed by atoms with Crippen molar-refractivity contribution in [2.24, 2.45) is 5.92 Å². The number of esters is 1. The Bertz CT molecular complexity index is 538. The quantitative estimate of drug-likeness (QED) is 0.0417. The highest BCUT2D eigenvalue weighted by atomic mass is 16.5. The third kappa shape index (κ3) is 37.2. The average Bonchev–Trinajstić information content (AvgIpc) is 2.98. The first kappa shape index (κ1) is 41.2. The van der Waals surface area contributed by atoms with E-state index in [-0.39, 0.29) is 5.97 Å². The standard InChI is InChI=1S/C40H78O2/c1-4-5-6-7-8-9-21-25-28-31-34-37-40(41)42-38-35-32-29-26-23-20-18-16-14-12-10-11-13-15-17-19-22-24-27-30-33-36-39(2)3/h7-8,39H,4-6,9-38H2,1-3H3/b8-7-. The molecule has 0 unspecified atom stereocenters. The van der Waals surface area contributed by atoms with Gasteiger partial charge in [-0.25, -0.2) is 0 Å². The van der Waals surface area contributed by atoms with E-state index in [0.29, 0.717) is 13.0 Å². The van der Waals surface area contributed by atoms with Crippen molar-refractivity contribution in [1.29, 1.82) is 0 Å². The SMILES string of the molecule is CCCC/C=C\CCCCCCCC(=O)OCCCCCCCCCCCCCCCCCCCCCCCC(C)C. The maximum Gasteiger partial charge on any atom is 0.305 e. The number of ether oxygens (including phenoxy) is 1. The summed E-state index contributed by atoms with van der Waals surface area (Å²) in [5.74, 6) is 0.900. The van der Waals surface area contributed by atoms with Gasteiger partial charge >= 0.3 is 5.97 Å². The van der Waals surface area contributed by atoms with Crippen LogP contribution in [0.2, 0.25) is 0 Å². The zero-order chi connectivity index (χ0) is 30.6. The van der Waals surface area contributed by atoms with Crippen LogP contribution in [0.5, 0.6) is 0 Å². The molecule has 0 aromatic rings. The van der Waals surface area contributed by atoms with Crippen LogP contribution in [-0.4, -0.2) is 12.6 Å². The van der Waals surface area contributed by atoms with E-state index in [2.05, 4.69) is 32.9 Å². The molecule has 0 amide bonds. The summed E-state index contributed by atoms with van der Waals surface area (Å²) >= 11 is 0. The summed E-state index contributed by atoms with van der Waals surface area (Å²) in [7, 11) is 0. The number of rotatable bonds is 35. The molecule has 0 aromatic heterocycles. The lowest BCUT2D eigenvalue weighted by Gasteiger charge is -2.06. The maximum atomic E-state index is 11.9. The van der Waals surface area contributed by atoms with Gasteiger partial charge in [0.05, 0.1) is 6.61 Å². The molecule has 42 heavy (non-hydrogen) atoms. The van der Waals surface area contributed by atoms with E-state index in [1.165, 1.54) is 180 Å². The van der Waals surface area contributed by atoms with Crippen LogP contribution in [0.1, 0.15) is 226 Å². The van der Waals surface area contributed by atoms with Crippen molar-refractivity contribution in [3.05, 3.63) is 12.2 Å². The fraction of sp³-hybridized carbons (Fsp3) is 0.925. The summed E-state index contributed by atoms with van der Waals surface area (Å²) in [4.78, 5) is 11.9. The van der Waals surface area contributed by atoms with Crippen molar-refractivity contribution in [3.8, 4) is 0 Å². The number of carbonyl (C=O) groups excluding carboxylic acids is 1. The van der Waals surface area contributed by atoms with Crippen LogP contribution in [0, 0.1) is 5.92 Å². The van der Waals surface area contributed by atoms with Crippen molar-refractivity contribution in [2.45, 2.75) is 226 Å². The zero-order valence-electron chi connectivity index (χ0n) is 29.4.